The topological polar surface area (TPSA) is 89.6 Å². The molecule has 16 aromatic rings. The van der Waals surface area contributed by atoms with Gasteiger partial charge in [-0.3, -0.25) is 19.9 Å². The Hall–Kier alpha value is -12.8. The zero-order chi connectivity index (χ0) is 63.4. The minimum atomic E-state index is -4.94. The average molecular weight is 1220 g/mol. The summed E-state index contributed by atoms with van der Waals surface area (Å²) in [7, 11) is 0. The van der Waals surface area contributed by atoms with Gasteiger partial charge >= 0.3 is 6.18 Å². The first-order valence-electron chi connectivity index (χ1n) is 30.5. The quantitative estimate of drug-likeness (QED) is 0.120. The lowest BCUT2D eigenvalue weighted by atomic mass is 9.92. The number of pyridine rings is 4. The summed E-state index contributed by atoms with van der Waals surface area (Å²) in [5.74, 6) is 0. The van der Waals surface area contributed by atoms with Crippen LogP contribution in [0.5, 0.6) is 0 Å². The molecule has 0 aliphatic heterocycles. The van der Waals surface area contributed by atoms with Gasteiger partial charge in [-0.15, -0.1) is 0 Å². The lowest BCUT2D eigenvalue weighted by Crippen LogP contribution is -2.11. The molecule has 0 N–H and O–H groups in total. The van der Waals surface area contributed by atoms with Crippen molar-refractivity contribution in [2.45, 2.75) is 6.18 Å². The number of aromatic nitrogens is 6. The Balaban J connectivity index is 0.994. The molecule has 0 radical (unpaired) electrons. The molecular weight excluding hydrogens is 1170 g/mol. The van der Waals surface area contributed by atoms with Crippen LogP contribution in [0.2, 0.25) is 0 Å². The third-order valence-electron chi connectivity index (χ3n) is 17.6. The van der Waals surface area contributed by atoms with Crippen LogP contribution in [0.1, 0.15) is 11.1 Å². The number of nitrogens with zero attached hydrogens (tertiary/aromatic N) is 8. The van der Waals surface area contributed by atoms with Crippen molar-refractivity contribution in [2.75, 3.05) is 0 Å². The Morgan fingerprint density at radius 1 is 0.330 bits per heavy atom. The standard InChI is InChI=1S/C83H49F3N8/c1-88-70-24-14-23-69(83(84,85)86)81(70)82-79(93-75-29-25-57(61-33-37-89-71(47-61)53-15-6-2-7-16-53)43-65(75)66-44-58(26-30-76(66)93)62-34-38-90-72(48-62)54-17-8-3-9-18-54)41-52(51-87)42-80(82)94-77-31-27-59(63-35-39-91-73(49-63)55-19-10-4-11-20-55)45-67(77)68-46-60(28-32-78(68)94)64-36-40-92-74(50-64)56-21-12-5-13-22-56/h2-50H. The fourth-order valence-electron chi connectivity index (χ4n) is 13.2. The molecule has 442 valence electrons. The van der Waals surface area contributed by atoms with Gasteiger partial charge in [0.05, 0.1) is 80.0 Å². The molecule has 16 rings (SSSR count). The van der Waals surface area contributed by atoms with Crippen molar-refractivity contribution >= 4 is 49.3 Å². The summed E-state index contributed by atoms with van der Waals surface area (Å²) in [6.07, 6.45) is 2.24. The smallest absolute Gasteiger partial charge is 0.309 e. The number of hydrogen-bond donors (Lipinski definition) is 0. The van der Waals surface area contributed by atoms with E-state index in [4.69, 9.17) is 26.5 Å². The van der Waals surface area contributed by atoms with E-state index in [0.29, 0.717) is 22.1 Å². The molecule has 6 aromatic heterocycles. The lowest BCUT2D eigenvalue weighted by molar-refractivity contribution is -0.137. The fraction of sp³-hybridized carbons (Fsp3) is 0.0120. The second-order valence-corrected chi connectivity index (χ2v) is 23.1. The number of hydrogen-bond acceptors (Lipinski definition) is 5. The van der Waals surface area contributed by atoms with Crippen molar-refractivity contribution in [3.05, 3.63) is 320 Å². The summed E-state index contributed by atoms with van der Waals surface area (Å²) in [5.41, 5.74) is 16.0. The van der Waals surface area contributed by atoms with Gasteiger partial charge < -0.3 is 9.13 Å². The summed E-state index contributed by atoms with van der Waals surface area (Å²) >= 11 is 0. The van der Waals surface area contributed by atoms with E-state index in [2.05, 4.69) is 59.4 Å². The average Bonchev–Trinajstić information content (AvgIpc) is 1.51. The minimum Gasteiger partial charge on any atom is -0.309 e. The maximum atomic E-state index is 16.3. The molecule has 0 saturated carbocycles. The molecule has 8 nitrogen and oxygen atoms in total. The predicted octanol–water partition coefficient (Wildman–Crippen LogP) is 21.9. The number of benzene rings is 10. The van der Waals surface area contributed by atoms with Gasteiger partial charge in [-0.05, 0) is 154 Å². The Morgan fingerprint density at radius 3 is 0.926 bits per heavy atom. The molecule has 0 fully saturated rings. The third kappa shape index (κ3) is 10.1. The van der Waals surface area contributed by atoms with Gasteiger partial charge in [0.1, 0.15) is 0 Å². The van der Waals surface area contributed by atoms with E-state index in [0.717, 1.165) is 117 Å². The summed E-state index contributed by atoms with van der Waals surface area (Å²) in [6, 6.07) is 90.0. The van der Waals surface area contributed by atoms with Gasteiger partial charge in [-0.25, -0.2) is 4.85 Å². The normalized spacial score (nSPS) is 11.5. The number of halogens is 3. The molecule has 6 heterocycles. The first kappa shape index (κ1) is 56.4. The van der Waals surface area contributed by atoms with Crippen molar-refractivity contribution < 1.29 is 13.2 Å². The van der Waals surface area contributed by atoms with E-state index in [1.807, 2.05) is 203 Å². The van der Waals surface area contributed by atoms with Crippen molar-refractivity contribution in [3.63, 3.8) is 0 Å². The van der Waals surface area contributed by atoms with E-state index >= 15 is 13.2 Å². The zero-order valence-electron chi connectivity index (χ0n) is 50.0. The highest BCUT2D eigenvalue weighted by molar-refractivity contribution is 6.15. The van der Waals surface area contributed by atoms with Crippen LogP contribution in [0.15, 0.2) is 298 Å². The minimum absolute atomic E-state index is 0.100. The highest BCUT2D eigenvalue weighted by Crippen LogP contribution is 2.51. The molecule has 0 aliphatic carbocycles. The summed E-state index contributed by atoms with van der Waals surface area (Å²) in [4.78, 5) is 22.9. The fourth-order valence-corrected chi connectivity index (χ4v) is 13.2. The molecule has 10 aromatic carbocycles. The summed E-state index contributed by atoms with van der Waals surface area (Å²) in [5, 5.41) is 14.6. The van der Waals surface area contributed by atoms with E-state index in [-0.39, 0.29) is 33.8 Å². The van der Waals surface area contributed by atoms with Crippen LogP contribution < -0.4 is 0 Å². The first-order chi connectivity index (χ1) is 46.1. The van der Waals surface area contributed by atoms with Crippen LogP contribution in [0.3, 0.4) is 0 Å². The van der Waals surface area contributed by atoms with Gasteiger partial charge in [0, 0.05) is 79.7 Å². The second kappa shape index (κ2) is 23.2. The Bertz CT molecular complexity index is 5160. The Morgan fingerprint density at radius 2 is 0.638 bits per heavy atom. The first-order valence-corrected chi connectivity index (χ1v) is 30.5. The second-order valence-electron chi connectivity index (χ2n) is 23.1. The van der Waals surface area contributed by atoms with Gasteiger partial charge in [-0.2, -0.15) is 18.4 Å². The molecule has 0 amide bonds. The van der Waals surface area contributed by atoms with E-state index in [9.17, 15) is 5.26 Å². The van der Waals surface area contributed by atoms with Crippen molar-refractivity contribution in [1.29, 1.82) is 5.26 Å². The molecule has 11 heteroatoms. The lowest BCUT2D eigenvalue weighted by Gasteiger charge is -2.24. The molecular formula is C83H49F3N8. The maximum absolute atomic E-state index is 16.3. The van der Waals surface area contributed by atoms with Gasteiger partial charge in [0.15, 0.2) is 5.69 Å². The molecule has 0 spiro atoms. The van der Waals surface area contributed by atoms with Gasteiger partial charge in [0.25, 0.3) is 0 Å². The molecule has 0 atom stereocenters. The number of fused-ring (bicyclic) bond motifs is 6. The van der Waals surface area contributed by atoms with Gasteiger partial charge in [0.2, 0.25) is 0 Å². The van der Waals surface area contributed by atoms with Crippen LogP contribution in [0.4, 0.5) is 18.9 Å². The third-order valence-corrected chi connectivity index (χ3v) is 17.6. The summed E-state index contributed by atoms with van der Waals surface area (Å²) < 4.78 is 53.0. The highest BCUT2D eigenvalue weighted by Gasteiger charge is 2.37. The monoisotopic (exact) mass is 1210 g/mol. The number of rotatable bonds is 11. The van der Waals surface area contributed by atoms with Gasteiger partial charge in [-0.1, -0.05) is 164 Å². The largest absolute Gasteiger partial charge is 0.415 e. The highest BCUT2D eigenvalue weighted by atomic mass is 19.4. The molecule has 0 aliphatic rings. The van der Waals surface area contributed by atoms with Crippen LogP contribution in [0.25, 0.3) is 160 Å². The number of alkyl halides is 3. The molecule has 0 saturated heterocycles. The summed E-state index contributed by atoms with van der Waals surface area (Å²) in [6.45, 7) is 8.70. The van der Waals surface area contributed by atoms with E-state index in [1.165, 1.54) is 12.1 Å². The van der Waals surface area contributed by atoms with Crippen molar-refractivity contribution in [1.82, 2.24) is 29.1 Å². The molecule has 0 bridgehead atoms. The Kier molecular flexibility index (Phi) is 13.9. The SMILES string of the molecule is [C-]#[N+]c1cccc(C(F)(F)F)c1-c1c(-n2c3ccc(-c4ccnc(-c5ccccc5)c4)cc3c3cc(-c4ccnc(-c5ccccc5)c4)ccc32)cc(C#N)cc1-n1c2ccc(-c3ccnc(-c4ccccc4)c3)cc2c2cc(-c3ccnc(-c4ccccc4)c3)ccc21. The Labute approximate surface area is 538 Å². The van der Waals surface area contributed by atoms with Crippen molar-refractivity contribution in [3.8, 4) is 118 Å². The van der Waals surface area contributed by atoms with Crippen LogP contribution in [-0.2, 0) is 6.18 Å². The van der Waals surface area contributed by atoms with Crippen LogP contribution >= 0.6 is 0 Å². The number of nitriles is 1. The predicted molar refractivity (Wildman–Crippen MR) is 371 cm³/mol. The van der Waals surface area contributed by atoms with Crippen LogP contribution in [-0.4, -0.2) is 29.1 Å². The zero-order valence-corrected chi connectivity index (χ0v) is 50.0. The molecule has 0 unspecified atom stereocenters. The van der Waals surface area contributed by atoms with E-state index < -0.39 is 11.7 Å². The van der Waals surface area contributed by atoms with Crippen LogP contribution in [0, 0.1) is 17.9 Å². The van der Waals surface area contributed by atoms with E-state index in [1.54, 1.807) is 36.9 Å². The maximum Gasteiger partial charge on any atom is 0.415 e. The van der Waals surface area contributed by atoms with Crippen molar-refractivity contribution in [2.24, 2.45) is 0 Å². The molecule has 94 heavy (non-hydrogen) atoms.